The van der Waals surface area contributed by atoms with Crippen LogP contribution in [0.4, 0.5) is 11.4 Å². The van der Waals surface area contributed by atoms with Crippen LogP contribution < -0.4 is 10.6 Å². The molecular formula is C17H26N2O2. The van der Waals surface area contributed by atoms with Gasteiger partial charge in [-0.2, -0.15) is 0 Å². The third-order valence-electron chi connectivity index (χ3n) is 4.17. The van der Waals surface area contributed by atoms with Crippen LogP contribution in [0.15, 0.2) is 18.2 Å². The highest BCUT2D eigenvalue weighted by Crippen LogP contribution is 2.30. The molecule has 0 aromatic heterocycles. The summed E-state index contributed by atoms with van der Waals surface area (Å²) in [7, 11) is 0. The van der Waals surface area contributed by atoms with Gasteiger partial charge < -0.3 is 15.4 Å². The van der Waals surface area contributed by atoms with Gasteiger partial charge >= 0.3 is 5.97 Å². The van der Waals surface area contributed by atoms with Crippen LogP contribution in [0.25, 0.3) is 0 Å². The number of anilines is 2. The van der Waals surface area contributed by atoms with E-state index in [4.69, 9.17) is 10.5 Å². The largest absolute Gasteiger partial charge is 0.462 e. The smallest absolute Gasteiger partial charge is 0.340 e. The molecule has 0 saturated carbocycles. The van der Waals surface area contributed by atoms with Crippen LogP contribution in [0.5, 0.6) is 0 Å². The highest BCUT2D eigenvalue weighted by molar-refractivity contribution is 5.97. The second kappa shape index (κ2) is 7.34. The van der Waals surface area contributed by atoms with Gasteiger partial charge in [-0.1, -0.05) is 19.8 Å². The van der Waals surface area contributed by atoms with E-state index in [9.17, 15) is 4.79 Å². The van der Waals surface area contributed by atoms with Crippen LogP contribution in [0.1, 0.15) is 56.3 Å². The molecule has 0 bridgehead atoms. The van der Waals surface area contributed by atoms with Crippen LogP contribution in [-0.2, 0) is 4.74 Å². The molecule has 1 aromatic carbocycles. The molecule has 21 heavy (non-hydrogen) atoms. The lowest BCUT2D eigenvalue weighted by Crippen LogP contribution is -2.35. The molecule has 1 aliphatic rings. The van der Waals surface area contributed by atoms with E-state index in [1.807, 2.05) is 19.1 Å². The van der Waals surface area contributed by atoms with E-state index in [2.05, 4.69) is 11.8 Å². The number of benzene rings is 1. The Kier molecular flexibility index (Phi) is 5.48. The minimum absolute atomic E-state index is 0.279. The third kappa shape index (κ3) is 3.69. The highest BCUT2D eigenvalue weighted by atomic mass is 16.5. The minimum Gasteiger partial charge on any atom is -0.462 e. The molecule has 4 heteroatoms. The quantitative estimate of drug-likeness (QED) is 0.680. The monoisotopic (exact) mass is 290 g/mol. The van der Waals surface area contributed by atoms with Crippen molar-refractivity contribution >= 4 is 17.3 Å². The van der Waals surface area contributed by atoms with E-state index in [0.717, 1.165) is 18.7 Å². The average molecular weight is 290 g/mol. The Labute approximate surface area is 127 Å². The normalized spacial score (nSPS) is 19.1. The standard InChI is InChI=1S/C17H26N2O2/c1-3-14-8-6-5-7-11-19(14)16-10-9-13(18)12-15(16)17(20)21-4-2/h9-10,12,14H,3-8,11,18H2,1-2H3. The van der Waals surface area contributed by atoms with Crippen LogP contribution in [-0.4, -0.2) is 25.2 Å². The number of nitrogen functional groups attached to an aromatic ring is 1. The summed E-state index contributed by atoms with van der Waals surface area (Å²) in [6.45, 7) is 5.41. The zero-order valence-electron chi connectivity index (χ0n) is 13.1. The molecule has 1 saturated heterocycles. The van der Waals surface area contributed by atoms with Gasteiger partial charge in [-0.3, -0.25) is 0 Å². The zero-order valence-corrected chi connectivity index (χ0v) is 13.1. The predicted molar refractivity (Wildman–Crippen MR) is 86.7 cm³/mol. The zero-order chi connectivity index (χ0) is 15.2. The highest BCUT2D eigenvalue weighted by Gasteiger charge is 2.24. The van der Waals surface area contributed by atoms with Gasteiger partial charge in [-0.25, -0.2) is 4.79 Å². The van der Waals surface area contributed by atoms with E-state index in [1.54, 1.807) is 6.07 Å². The molecule has 0 aliphatic carbocycles. The van der Waals surface area contributed by atoms with Crippen molar-refractivity contribution in [2.75, 3.05) is 23.8 Å². The van der Waals surface area contributed by atoms with Gasteiger partial charge in [0.15, 0.2) is 0 Å². The summed E-state index contributed by atoms with van der Waals surface area (Å²) in [4.78, 5) is 14.6. The van der Waals surface area contributed by atoms with Gasteiger partial charge in [-0.05, 0) is 44.4 Å². The average Bonchev–Trinajstić information content (AvgIpc) is 2.72. The maximum atomic E-state index is 12.2. The number of carbonyl (C=O) groups is 1. The number of rotatable bonds is 4. The molecule has 116 valence electrons. The van der Waals surface area contributed by atoms with Crippen molar-refractivity contribution in [3.63, 3.8) is 0 Å². The lowest BCUT2D eigenvalue weighted by Gasteiger charge is -2.32. The molecule has 1 aromatic rings. The molecular weight excluding hydrogens is 264 g/mol. The van der Waals surface area contributed by atoms with E-state index in [-0.39, 0.29) is 5.97 Å². The van der Waals surface area contributed by atoms with Crippen LogP contribution in [0, 0.1) is 0 Å². The lowest BCUT2D eigenvalue weighted by molar-refractivity contribution is 0.0527. The lowest BCUT2D eigenvalue weighted by atomic mass is 10.0. The fourth-order valence-corrected chi connectivity index (χ4v) is 3.10. The number of ether oxygens (including phenoxy) is 1. The van der Waals surface area contributed by atoms with Crippen molar-refractivity contribution in [1.29, 1.82) is 0 Å². The van der Waals surface area contributed by atoms with Crippen molar-refractivity contribution in [2.24, 2.45) is 0 Å². The minimum atomic E-state index is -0.279. The molecule has 1 fully saturated rings. The maximum absolute atomic E-state index is 12.2. The third-order valence-corrected chi connectivity index (χ3v) is 4.17. The Morgan fingerprint density at radius 3 is 2.86 bits per heavy atom. The summed E-state index contributed by atoms with van der Waals surface area (Å²) in [5, 5.41) is 0. The van der Waals surface area contributed by atoms with Crippen molar-refractivity contribution in [2.45, 2.75) is 52.0 Å². The summed E-state index contributed by atoms with van der Waals surface area (Å²) in [5.74, 6) is -0.279. The summed E-state index contributed by atoms with van der Waals surface area (Å²) in [6.07, 6.45) is 5.97. The topological polar surface area (TPSA) is 55.6 Å². The van der Waals surface area contributed by atoms with E-state index < -0.39 is 0 Å². The van der Waals surface area contributed by atoms with Crippen molar-refractivity contribution < 1.29 is 9.53 Å². The van der Waals surface area contributed by atoms with E-state index >= 15 is 0 Å². The summed E-state index contributed by atoms with van der Waals surface area (Å²) in [6, 6.07) is 6.07. The van der Waals surface area contributed by atoms with Gasteiger partial charge in [0.25, 0.3) is 0 Å². The van der Waals surface area contributed by atoms with Gasteiger partial charge in [0.2, 0.25) is 0 Å². The number of esters is 1. The number of hydrogen-bond acceptors (Lipinski definition) is 4. The van der Waals surface area contributed by atoms with Crippen molar-refractivity contribution in [3.8, 4) is 0 Å². The van der Waals surface area contributed by atoms with E-state index in [0.29, 0.717) is 23.9 Å². The molecule has 2 rings (SSSR count). The molecule has 2 N–H and O–H groups in total. The second-order valence-electron chi connectivity index (χ2n) is 5.60. The van der Waals surface area contributed by atoms with Gasteiger partial charge in [-0.15, -0.1) is 0 Å². The number of hydrogen-bond donors (Lipinski definition) is 1. The fourth-order valence-electron chi connectivity index (χ4n) is 3.10. The Balaban J connectivity index is 2.38. The molecule has 1 atom stereocenters. The summed E-state index contributed by atoms with van der Waals surface area (Å²) >= 11 is 0. The molecule has 0 radical (unpaired) electrons. The molecule has 1 heterocycles. The Bertz CT molecular complexity index is 488. The molecule has 1 unspecified atom stereocenters. The Morgan fingerprint density at radius 2 is 2.14 bits per heavy atom. The first-order valence-corrected chi connectivity index (χ1v) is 8.00. The SMILES string of the molecule is CCOC(=O)c1cc(N)ccc1N1CCCCCC1CC. The number of nitrogens with two attached hydrogens (primary N) is 1. The number of carbonyl (C=O) groups excluding carboxylic acids is 1. The van der Waals surface area contributed by atoms with Crippen molar-refractivity contribution in [1.82, 2.24) is 0 Å². The Hall–Kier alpha value is -1.71. The van der Waals surface area contributed by atoms with Crippen LogP contribution in [0.3, 0.4) is 0 Å². The number of nitrogens with zero attached hydrogens (tertiary/aromatic N) is 1. The molecule has 1 aliphatic heterocycles. The summed E-state index contributed by atoms with van der Waals surface area (Å²) in [5.41, 5.74) is 8.03. The molecule has 0 spiro atoms. The summed E-state index contributed by atoms with van der Waals surface area (Å²) < 4.78 is 5.19. The van der Waals surface area contributed by atoms with Gasteiger partial charge in [0.1, 0.15) is 0 Å². The first kappa shape index (κ1) is 15.7. The first-order valence-electron chi connectivity index (χ1n) is 8.00. The van der Waals surface area contributed by atoms with Gasteiger partial charge in [0, 0.05) is 18.3 Å². The van der Waals surface area contributed by atoms with Gasteiger partial charge in [0.05, 0.1) is 17.9 Å². The molecule has 0 amide bonds. The van der Waals surface area contributed by atoms with Crippen LogP contribution in [0.2, 0.25) is 0 Å². The fraction of sp³-hybridized carbons (Fsp3) is 0.588. The second-order valence-corrected chi connectivity index (χ2v) is 5.60. The maximum Gasteiger partial charge on any atom is 0.340 e. The predicted octanol–water partition coefficient (Wildman–Crippen LogP) is 3.60. The Morgan fingerprint density at radius 1 is 1.33 bits per heavy atom. The van der Waals surface area contributed by atoms with Crippen molar-refractivity contribution in [3.05, 3.63) is 23.8 Å². The van der Waals surface area contributed by atoms with Crippen LogP contribution >= 0.6 is 0 Å². The first-order chi connectivity index (χ1) is 10.2. The molecule has 4 nitrogen and oxygen atoms in total. The van der Waals surface area contributed by atoms with E-state index in [1.165, 1.54) is 25.7 Å².